The van der Waals surface area contributed by atoms with Crippen LogP contribution in [0.3, 0.4) is 0 Å². The molecule has 0 N–H and O–H groups in total. The van der Waals surface area contributed by atoms with Gasteiger partial charge in [0.2, 0.25) is 0 Å². The molecule has 0 radical (unpaired) electrons. The molecule has 290 valence electrons. The molecule has 2 bridgehead atoms. The molecule has 2 fully saturated rings. The van der Waals surface area contributed by atoms with Crippen LogP contribution in [-0.4, -0.2) is 18.8 Å². The van der Waals surface area contributed by atoms with Crippen molar-refractivity contribution in [1.82, 2.24) is 0 Å². The van der Waals surface area contributed by atoms with E-state index in [0.29, 0.717) is 5.92 Å². The van der Waals surface area contributed by atoms with E-state index in [2.05, 4.69) is 207 Å². The molecule has 5 unspecified atom stereocenters. The molecule has 58 heavy (non-hydrogen) atoms. The third-order valence-corrected chi connectivity index (χ3v) is 15.7. The first-order valence-electron chi connectivity index (χ1n) is 21.4. The van der Waals surface area contributed by atoms with Gasteiger partial charge in [-0.2, -0.15) is 0 Å². The second-order valence-corrected chi connectivity index (χ2v) is 22.5. The smallest absolute Gasteiger partial charge is 0.0462 e. The monoisotopic (exact) mass is 773 g/mol. The molecular formula is C56H55NS. The highest BCUT2D eigenvalue weighted by molar-refractivity contribution is 8.32. The van der Waals surface area contributed by atoms with Gasteiger partial charge in [-0.1, -0.05) is 129 Å². The van der Waals surface area contributed by atoms with E-state index in [-0.39, 0.29) is 5.41 Å². The fraction of sp³-hybridized carbons (Fsp3) is 0.250. The van der Waals surface area contributed by atoms with Gasteiger partial charge in [0.25, 0.3) is 0 Å². The van der Waals surface area contributed by atoms with Gasteiger partial charge < -0.3 is 4.90 Å². The van der Waals surface area contributed by atoms with Gasteiger partial charge in [0.15, 0.2) is 0 Å². The van der Waals surface area contributed by atoms with Crippen LogP contribution >= 0.6 is 10.0 Å². The molecule has 7 aromatic rings. The minimum atomic E-state index is -0.814. The van der Waals surface area contributed by atoms with E-state index in [9.17, 15) is 0 Å². The van der Waals surface area contributed by atoms with E-state index in [1.807, 2.05) is 0 Å². The normalized spacial score (nSPS) is 22.3. The van der Waals surface area contributed by atoms with Crippen molar-refractivity contribution >= 4 is 27.1 Å². The Kier molecular flexibility index (Phi) is 9.25. The van der Waals surface area contributed by atoms with Gasteiger partial charge in [-0.25, -0.2) is 10.0 Å². The van der Waals surface area contributed by atoms with E-state index in [0.717, 1.165) is 34.8 Å². The zero-order valence-electron chi connectivity index (χ0n) is 34.7. The van der Waals surface area contributed by atoms with Gasteiger partial charge in [0.1, 0.15) is 0 Å². The van der Waals surface area contributed by atoms with Gasteiger partial charge in [-0.3, -0.25) is 0 Å². The molecule has 0 aliphatic heterocycles. The summed E-state index contributed by atoms with van der Waals surface area (Å²) in [5.74, 6) is 3.10. The van der Waals surface area contributed by atoms with Gasteiger partial charge in [-0.15, -0.1) is 0 Å². The molecule has 2 heteroatoms. The van der Waals surface area contributed by atoms with Crippen LogP contribution in [0, 0.1) is 23.7 Å². The largest absolute Gasteiger partial charge is 0.311 e. The topological polar surface area (TPSA) is 3.24 Å². The molecule has 5 atom stereocenters. The molecule has 2 saturated carbocycles. The lowest BCUT2D eigenvalue weighted by molar-refractivity contribution is 0.0426. The third kappa shape index (κ3) is 6.32. The van der Waals surface area contributed by atoms with Crippen molar-refractivity contribution in [1.29, 1.82) is 0 Å². The molecule has 10 rings (SSSR count). The maximum absolute atomic E-state index is 2.56. The summed E-state index contributed by atoms with van der Waals surface area (Å²) in [6.45, 7) is 5.06. The lowest BCUT2D eigenvalue weighted by atomic mass is 9.49. The van der Waals surface area contributed by atoms with Crippen molar-refractivity contribution in [3.05, 3.63) is 181 Å². The fourth-order valence-electron chi connectivity index (χ4n) is 11.4. The van der Waals surface area contributed by atoms with Crippen LogP contribution in [0.4, 0.5) is 17.1 Å². The predicted molar refractivity (Wildman–Crippen MR) is 251 cm³/mol. The van der Waals surface area contributed by atoms with Gasteiger partial charge in [-0.05, 0) is 183 Å². The summed E-state index contributed by atoms with van der Waals surface area (Å²) in [4.78, 5) is 3.79. The number of rotatable bonds is 7. The summed E-state index contributed by atoms with van der Waals surface area (Å²) in [6.07, 6.45) is 12.6. The summed E-state index contributed by atoms with van der Waals surface area (Å²) in [7, 11) is -0.814. The molecule has 0 amide bonds. The van der Waals surface area contributed by atoms with Crippen molar-refractivity contribution in [2.45, 2.75) is 49.8 Å². The van der Waals surface area contributed by atoms with Crippen LogP contribution in [0.5, 0.6) is 0 Å². The van der Waals surface area contributed by atoms with Crippen molar-refractivity contribution in [3.63, 3.8) is 0 Å². The highest BCUT2D eigenvalue weighted by Gasteiger charge is 2.56. The Hall–Kier alpha value is -5.31. The Balaban J connectivity index is 0.948. The van der Waals surface area contributed by atoms with Crippen molar-refractivity contribution in [3.8, 4) is 44.5 Å². The Morgan fingerprint density at radius 2 is 0.931 bits per heavy atom. The molecule has 1 nitrogen and oxygen atoms in total. The van der Waals surface area contributed by atoms with Crippen LogP contribution in [-0.2, 0) is 5.41 Å². The highest BCUT2D eigenvalue weighted by Crippen LogP contribution is 2.64. The minimum absolute atomic E-state index is 0.143. The summed E-state index contributed by atoms with van der Waals surface area (Å²) in [6, 6.07) is 63.9. The highest BCUT2D eigenvalue weighted by atomic mass is 32.3. The van der Waals surface area contributed by atoms with Crippen molar-refractivity contribution in [2.24, 2.45) is 23.7 Å². The van der Waals surface area contributed by atoms with Crippen LogP contribution in [0.1, 0.15) is 50.7 Å². The fourth-order valence-corrected chi connectivity index (χ4v) is 12.4. The molecule has 0 heterocycles. The average molecular weight is 774 g/mol. The Morgan fingerprint density at radius 1 is 0.448 bits per heavy atom. The standard InChI is InChI=1S/C56H55NS/c1-38-33-40-35-39(2)56(47(34-38)36-40)54-14-10-9-13-52(54)53-37-46(23-32-55(53)56)45-17-15-42(16-18-45)44-21-26-49(27-22-44)57(50-28-30-51(31-29-50)58(3,4)5)48-24-19-43(20-25-48)41-11-7-6-8-12-41/h6-32,37-40,47H,33-36H2,1-5H3. The van der Waals surface area contributed by atoms with E-state index >= 15 is 0 Å². The number of hydrogen-bond donors (Lipinski definition) is 0. The zero-order valence-corrected chi connectivity index (χ0v) is 35.5. The second kappa shape index (κ2) is 14.5. The number of fused-ring (bicyclic) bond motifs is 8. The molecule has 0 aromatic heterocycles. The first-order valence-corrected chi connectivity index (χ1v) is 24.2. The van der Waals surface area contributed by atoms with Crippen LogP contribution in [0.15, 0.2) is 175 Å². The Morgan fingerprint density at radius 3 is 1.53 bits per heavy atom. The number of benzene rings is 7. The molecule has 0 saturated heterocycles. The third-order valence-electron chi connectivity index (χ3n) is 14.0. The number of anilines is 3. The van der Waals surface area contributed by atoms with E-state index in [4.69, 9.17) is 0 Å². The maximum Gasteiger partial charge on any atom is 0.0462 e. The lowest BCUT2D eigenvalue weighted by Gasteiger charge is -2.54. The second-order valence-electron chi connectivity index (χ2n) is 18.4. The van der Waals surface area contributed by atoms with E-state index in [1.165, 1.54) is 75.1 Å². The van der Waals surface area contributed by atoms with Crippen LogP contribution in [0.2, 0.25) is 0 Å². The Bertz CT molecular complexity index is 2560. The Labute approximate surface area is 348 Å². The molecule has 3 aliphatic carbocycles. The average Bonchev–Trinajstić information content (AvgIpc) is 3.54. The molecule has 7 aromatic carbocycles. The zero-order chi connectivity index (χ0) is 39.6. The van der Waals surface area contributed by atoms with Crippen LogP contribution in [0.25, 0.3) is 44.5 Å². The van der Waals surface area contributed by atoms with E-state index < -0.39 is 10.0 Å². The minimum Gasteiger partial charge on any atom is -0.311 e. The number of hydrogen-bond acceptors (Lipinski definition) is 1. The quantitative estimate of drug-likeness (QED) is 0.156. The number of nitrogens with zero attached hydrogens (tertiary/aromatic N) is 1. The lowest BCUT2D eigenvalue weighted by Crippen LogP contribution is -2.49. The van der Waals surface area contributed by atoms with Gasteiger partial charge in [0.05, 0.1) is 0 Å². The summed E-state index contributed by atoms with van der Waals surface area (Å²) in [5.41, 5.74) is 17.2. The predicted octanol–water partition coefficient (Wildman–Crippen LogP) is 15.6. The molecule has 3 aliphatic rings. The van der Waals surface area contributed by atoms with Gasteiger partial charge >= 0.3 is 0 Å². The summed E-state index contributed by atoms with van der Waals surface area (Å²) < 4.78 is 0. The first kappa shape index (κ1) is 37.0. The first-order chi connectivity index (χ1) is 28.2. The summed E-state index contributed by atoms with van der Waals surface area (Å²) >= 11 is 0. The summed E-state index contributed by atoms with van der Waals surface area (Å²) in [5, 5.41) is 0. The molecule has 1 spiro atoms. The maximum atomic E-state index is 2.56. The SMILES string of the molecule is CC1CC2CC(C)C3(c4ccccc4-c4cc(-c5ccc(-c6ccc(N(c7ccc(-c8ccccc8)cc7)c7ccc(S(C)(C)C)cc7)cc6)cc5)ccc43)C(C1)C2. The van der Waals surface area contributed by atoms with Crippen molar-refractivity contribution in [2.75, 3.05) is 23.7 Å². The van der Waals surface area contributed by atoms with Crippen molar-refractivity contribution < 1.29 is 0 Å². The van der Waals surface area contributed by atoms with Crippen LogP contribution < -0.4 is 4.90 Å². The molecular weight excluding hydrogens is 719 g/mol. The van der Waals surface area contributed by atoms with E-state index in [1.54, 1.807) is 11.1 Å². The van der Waals surface area contributed by atoms with Gasteiger partial charge in [0, 0.05) is 22.5 Å².